The molecule has 0 spiro atoms. The van der Waals surface area contributed by atoms with E-state index in [2.05, 4.69) is 106 Å². The molecule has 2 aliphatic carbocycles. The third-order valence-electron chi connectivity index (χ3n) is 6.16. The van der Waals surface area contributed by atoms with Crippen molar-refractivity contribution in [2.75, 3.05) is 0 Å². The number of halogens is 2. The van der Waals surface area contributed by atoms with Gasteiger partial charge in [0.05, 0.1) is 0 Å². The van der Waals surface area contributed by atoms with Crippen molar-refractivity contribution in [3.8, 4) is 0 Å². The Morgan fingerprint density at radius 3 is 1.36 bits per heavy atom. The zero-order valence-corrected chi connectivity index (χ0v) is 27.8. The van der Waals surface area contributed by atoms with Crippen LogP contribution in [0.15, 0.2) is 60.7 Å². The molecule has 36 heavy (non-hydrogen) atoms. The summed E-state index contributed by atoms with van der Waals surface area (Å²) >= 11 is 1.36. The fourth-order valence-electron chi connectivity index (χ4n) is 4.44. The predicted molar refractivity (Wildman–Crippen MR) is 166 cm³/mol. The Hall–Kier alpha value is -0.400. The third-order valence-corrected chi connectivity index (χ3v) is 6.16. The molecule has 0 N–H and O–H groups in total. The van der Waals surface area contributed by atoms with E-state index in [1.165, 1.54) is 97.0 Å². The summed E-state index contributed by atoms with van der Waals surface area (Å²) < 4.78 is 0. The summed E-state index contributed by atoms with van der Waals surface area (Å²) in [5, 5.41) is 0. The van der Waals surface area contributed by atoms with Crippen LogP contribution in [0.25, 0.3) is 12.2 Å². The van der Waals surface area contributed by atoms with E-state index in [1.54, 1.807) is 0 Å². The van der Waals surface area contributed by atoms with Gasteiger partial charge in [0.15, 0.2) is 0 Å². The Labute approximate surface area is 253 Å². The first-order valence-corrected chi connectivity index (χ1v) is 16.4. The van der Waals surface area contributed by atoms with Crippen LogP contribution in [0.1, 0.15) is 99.3 Å². The Morgan fingerprint density at radius 2 is 1.00 bits per heavy atom. The fourth-order valence-corrected chi connectivity index (χ4v) is 4.44. The monoisotopic (exact) mass is 618 g/mol. The SMILES string of the molecule is CCC[CH-]CCC1C=Cc2ccccc21.CCC[CH-]CCC1C=Cc2ccccc21.Cl.Cl.[CH3-].[CH3-].[Si]=[Zr]. The van der Waals surface area contributed by atoms with E-state index in [9.17, 15) is 0 Å². The second-order valence-electron chi connectivity index (χ2n) is 8.50. The van der Waals surface area contributed by atoms with Crippen LogP contribution < -0.4 is 0 Å². The quantitative estimate of drug-likeness (QED) is 0.141. The van der Waals surface area contributed by atoms with Crippen molar-refractivity contribution >= 4 is 43.8 Å². The van der Waals surface area contributed by atoms with Crippen molar-refractivity contribution in [3.63, 3.8) is 0 Å². The number of allylic oxidation sites excluding steroid dienone is 2. The number of unbranched alkanes of at least 4 members (excludes halogenated alkanes) is 6. The summed E-state index contributed by atoms with van der Waals surface area (Å²) in [5.74, 6) is 1.32. The molecule has 0 aromatic heterocycles. The molecular formula is C32H46Cl2SiZr-4. The summed E-state index contributed by atoms with van der Waals surface area (Å²) in [5.41, 5.74) is 5.86. The molecule has 2 aliphatic rings. The summed E-state index contributed by atoms with van der Waals surface area (Å²) in [7, 11) is 0. The van der Waals surface area contributed by atoms with Crippen LogP contribution in [-0.4, -0.2) is 6.88 Å². The molecule has 2 unspecified atom stereocenters. The van der Waals surface area contributed by atoms with E-state index in [0.29, 0.717) is 11.8 Å². The van der Waals surface area contributed by atoms with Crippen LogP contribution in [0, 0.1) is 27.7 Å². The van der Waals surface area contributed by atoms with E-state index in [-0.39, 0.29) is 39.7 Å². The van der Waals surface area contributed by atoms with Gasteiger partial charge in [-0.15, -0.1) is 24.8 Å². The van der Waals surface area contributed by atoms with E-state index < -0.39 is 0 Å². The average molecular weight is 621 g/mol. The van der Waals surface area contributed by atoms with Gasteiger partial charge in [-0.05, 0) is 22.3 Å². The third kappa shape index (κ3) is 13.4. The van der Waals surface area contributed by atoms with Gasteiger partial charge in [-0.3, -0.25) is 0 Å². The van der Waals surface area contributed by atoms with Gasteiger partial charge in [0.1, 0.15) is 0 Å². The first kappa shape index (κ1) is 40.1. The molecule has 200 valence electrons. The molecule has 0 nitrogen and oxygen atoms in total. The summed E-state index contributed by atoms with van der Waals surface area (Å²) in [6.45, 7) is 7.54. The molecule has 4 rings (SSSR count). The maximum absolute atomic E-state index is 3.06. The first-order chi connectivity index (χ1) is 15.8. The zero-order chi connectivity index (χ0) is 23.0. The molecule has 0 saturated heterocycles. The molecule has 4 heteroatoms. The number of benzene rings is 2. The van der Waals surface area contributed by atoms with E-state index >= 15 is 0 Å². The molecule has 0 heterocycles. The van der Waals surface area contributed by atoms with E-state index in [1.807, 2.05) is 0 Å². The molecule has 0 bridgehead atoms. The zero-order valence-electron chi connectivity index (χ0n) is 22.7. The standard InChI is InChI=1S/2C15H19.2CH3.2ClH.Si.Zr/c2*1-2-3-4-5-8-13-11-12-14-9-6-7-10-15(13)14;;;;;;/h2*4,6-7,9-13H,2-3,5,8H2,1H3;2*1H3;2*1H;;/q4*-1;;;;. The topological polar surface area (TPSA) is 0 Å². The van der Waals surface area contributed by atoms with Crippen molar-refractivity contribution in [2.24, 2.45) is 0 Å². The summed E-state index contributed by atoms with van der Waals surface area (Å²) in [6, 6.07) is 17.5. The second kappa shape index (κ2) is 24.9. The predicted octanol–water partition coefficient (Wildman–Crippen LogP) is 10.5. The molecular weight excluding hydrogens is 575 g/mol. The van der Waals surface area contributed by atoms with Crippen molar-refractivity contribution in [2.45, 2.75) is 77.0 Å². The number of hydrogen-bond donors (Lipinski definition) is 0. The molecule has 0 fully saturated rings. The van der Waals surface area contributed by atoms with Gasteiger partial charge in [-0.1, -0.05) is 112 Å². The van der Waals surface area contributed by atoms with Gasteiger partial charge in [0.25, 0.3) is 0 Å². The molecule has 0 amide bonds. The van der Waals surface area contributed by atoms with Crippen LogP contribution >= 0.6 is 24.8 Å². The summed E-state index contributed by atoms with van der Waals surface area (Å²) in [6.07, 6.45) is 24.2. The van der Waals surface area contributed by atoms with Crippen molar-refractivity contribution in [3.05, 3.63) is 111 Å². The Morgan fingerprint density at radius 1 is 0.639 bits per heavy atom. The maximum atomic E-state index is 3.06. The minimum atomic E-state index is 0. The molecule has 0 aliphatic heterocycles. The minimum absolute atomic E-state index is 0. The number of fused-ring (bicyclic) bond motifs is 2. The van der Waals surface area contributed by atoms with Crippen LogP contribution in [0.2, 0.25) is 0 Å². The molecule has 2 radical (unpaired) electrons. The van der Waals surface area contributed by atoms with Gasteiger partial charge in [0.2, 0.25) is 0 Å². The van der Waals surface area contributed by atoms with Crippen LogP contribution in [-0.2, 0) is 23.3 Å². The van der Waals surface area contributed by atoms with Gasteiger partial charge in [-0.25, -0.2) is 0 Å². The fraction of sp³-hybridized carbons (Fsp3) is 0.375. The molecule has 2 atom stereocenters. The van der Waals surface area contributed by atoms with Gasteiger partial charge < -0.3 is 27.7 Å². The second-order valence-corrected chi connectivity index (χ2v) is 8.50. The van der Waals surface area contributed by atoms with Gasteiger partial charge in [-0.2, -0.15) is 25.7 Å². The van der Waals surface area contributed by atoms with Crippen molar-refractivity contribution < 1.29 is 23.3 Å². The Bertz CT molecular complexity index is 780. The first-order valence-electron chi connectivity index (χ1n) is 12.3. The Kier molecular flexibility index (Phi) is 27.7. The Balaban J connectivity index is -0.000000513. The normalized spacial score (nSPS) is 15.1. The van der Waals surface area contributed by atoms with E-state index in [0.717, 1.165) is 0 Å². The van der Waals surface area contributed by atoms with Crippen LogP contribution in [0.4, 0.5) is 0 Å². The van der Waals surface area contributed by atoms with Crippen LogP contribution in [0.3, 0.4) is 0 Å². The van der Waals surface area contributed by atoms with Gasteiger partial charge in [0, 0.05) is 11.8 Å². The molecule has 0 saturated carbocycles. The molecule has 2 aromatic carbocycles. The van der Waals surface area contributed by atoms with Gasteiger partial charge >= 0.3 is 30.2 Å². The summed E-state index contributed by atoms with van der Waals surface area (Å²) in [4.78, 5) is 0. The number of rotatable bonds is 10. The van der Waals surface area contributed by atoms with E-state index in [4.69, 9.17) is 0 Å². The van der Waals surface area contributed by atoms with Crippen molar-refractivity contribution in [1.29, 1.82) is 0 Å². The molecule has 2 aromatic rings. The number of hydrogen-bond acceptors (Lipinski definition) is 0. The van der Waals surface area contributed by atoms with Crippen LogP contribution in [0.5, 0.6) is 0 Å². The van der Waals surface area contributed by atoms with Crippen molar-refractivity contribution in [1.82, 2.24) is 0 Å². The average Bonchev–Trinajstić information content (AvgIpc) is 3.46.